The molecular weight excluding hydrogens is 332 g/mol. The van der Waals surface area contributed by atoms with Crippen molar-refractivity contribution in [2.45, 2.75) is 51.6 Å². The minimum atomic E-state index is -0.268. The summed E-state index contributed by atoms with van der Waals surface area (Å²) in [7, 11) is 0. The lowest BCUT2D eigenvalue weighted by atomic mass is 9.84. The van der Waals surface area contributed by atoms with Crippen LogP contribution in [0.4, 0.5) is 5.69 Å². The van der Waals surface area contributed by atoms with Crippen LogP contribution in [-0.2, 0) is 4.79 Å². The van der Waals surface area contributed by atoms with Crippen LogP contribution in [0, 0.1) is 17.8 Å². The number of nitrogens with one attached hydrogen (secondary N) is 2. The van der Waals surface area contributed by atoms with Crippen LogP contribution in [0.1, 0.15) is 39.5 Å². The molecule has 2 aliphatic carbocycles. The van der Waals surface area contributed by atoms with E-state index in [9.17, 15) is 4.79 Å². The quantitative estimate of drug-likeness (QED) is 0.751. The standard InChI is InChI=1S/C24H30N2O/c1-16(22-15-18-12-13-20(22)14-18)26-24(27)17(2)25-23-11-7-6-10-21(23)19-8-4-3-5-9-19/h3-11,16-18,20,22,25H,12-15H2,1-2H3,(H,26,27). The van der Waals surface area contributed by atoms with Gasteiger partial charge in [0.05, 0.1) is 0 Å². The maximum atomic E-state index is 12.8. The van der Waals surface area contributed by atoms with E-state index >= 15 is 0 Å². The monoisotopic (exact) mass is 362 g/mol. The second-order valence-electron chi connectivity index (χ2n) is 8.41. The largest absolute Gasteiger partial charge is 0.373 e. The molecule has 2 N–H and O–H groups in total. The Labute approximate surface area is 162 Å². The van der Waals surface area contributed by atoms with E-state index in [-0.39, 0.29) is 18.0 Å². The summed E-state index contributed by atoms with van der Waals surface area (Å²) in [6, 6.07) is 18.5. The first-order valence-corrected chi connectivity index (χ1v) is 10.3. The van der Waals surface area contributed by atoms with Gasteiger partial charge in [-0.05, 0) is 62.5 Å². The van der Waals surface area contributed by atoms with Gasteiger partial charge >= 0.3 is 0 Å². The highest BCUT2D eigenvalue weighted by atomic mass is 16.2. The molecule has 2 saturated carbocycles. The summed E-state index contributed by atoms with van der Waals surface area (Å²) in [5.41, 5.74) is 3.28. The number of hydrogen-bond donors (Lipinski definition) is 2. The molecule has 2 fully saturated rings. The van der Waals surface area contributed by atoms with Crippen LogP contribution in [0.2, 0.25) is 0 Å². The molecule has 4 rings (SSSR count). The summed E-state index contributed by atoms with van der Waals surface area (Å²) in [6.45, 7) is 4.14. The van der Waals surface area contributed by atoms with Gasteiger partial charge in [0.25, 0.3) is 0 Å². The molecular formula is C24H30N2O. The fourth-order valence-electron chi connectivity index (χ4n) is 5.14. The van der Waals surface area contributed by atoms with E-state index < -0.39 is 0 Å². The number of anilines is 1. The van der Waals surface area contributed by atoms with E-state index in [2.05, 4.69) is 35.8 Å². The van der Waals surface area contributed by atoms with Crippen LogP contribution >= 0.6 is 0 Å². The summed E-state index contributed by atoms with van der Waals surface area (Å²) in [6.07, 6.45) is 5.43. The third-order valence-electron chi connectivity index (χ3n) is 6.58. The van der Waals surface area contributed by atoms with Crippen LogP contribution in [0.25, 0.3) is 11.1 Å². The molecule has 0 aliphatic heterocycles. The van der Waals surface area contributed by atoms with E-state index in [4.69, 9.17) is 0 Å². The molecule has 0 aromatic heterocycles. The fourth-order valence-corrected chi connectivity index (χ4v) is 5.14. The van der Waals surface area contributed by atoms with Gasteiger partial charge in [-0.3, -0.25) is 4.79 Å². The predicted octanol–water partition coefficient (Wildman–Crippen LogP) is 5.09. The molecule has 1 amide bonds. The van der Waals surface area contributed by atoms with E-state index in [0.29, 0.717) is 5.92 Å². The fraction of sp³-hybridized carbons (Fsp3) is 0.458. The first-order chi connectivity index (χ1) is 13.1. The van der Waals surface area contributed by atoms with Crippen LogP contribution < -0.4 is 10.6 Å². The Balaban J connectivity index is 1.40. The van der Waals surface area contributed by atoms with E-state index in [0.717, 1.165) is 28.7 Å². The molecule has 5 unspecified atom stereocenters. The number of carbonyl (C=O) groups is 1. The Kier molecular flexibility index (Phi) is 5.20. The summed E-state index contributed by atoms with van der Waals surface area (Å²) < 4.78 is 0. The van der Waals surface area contributed by atoms with Crippen molar-refractivity contribution >= 4 is 11.6 Å². The molecule has 2 aromatic rings. The lowest BCUT2D eigenvalue weighted by Gasteiger charge is -2.29. The van der Waals surface area contributed by atoms with Gasteiger partial charge in [-0.15, -0.1) is 0 Å². The highest BCUT2D eigenvalue weighted by Gasteiger charge is 2.42. The van der Waals surface area contributed by atoms with Crippen LogP contribution in [0.5, 0.6) is 0 Å². The van der Waals surface area contributed by atoms with Gasteiger partial charge in [0, 0.05) is 17.3 Å². The maximum Gasteiger partial charge on any atom is 0.242 e. The second-order valence-corrected chi connectivity index (χ2v) is 8.41. The highest BCUT2D eigenvalue weighted by molar-refractivity contribution is 5.87. The zero-order chi connectivity index (χ0) is 18.8. The Morgan fingerprint density at radius 3 is 2.41 bits per heavy atom. The van der Waals surface area contributed by atoms with E-state index in [1.807, 2.05) is 43.3 Å². The van der Waals surface area contributed by atoms with Gasteiger partial charge < -0.3 is 10.6 Å². The second kappa shape index (κ2) is 7.75. The van der Waals surface area contributed by atoms with Gasteiger partial charge in [-0.1, -0.05) is 55.0 Å². The molecule has 3 heteroatoms. The van der Waals surface area contributed by atoms with Crippen molar-refractivity contribution in [1.82, 2.24) is 5.32 Å². The molecule has 3 nitrogen and oxygen atoms in total. The minimum absolute atomic E-state index is 0.0909. The van der Waals surface area contributed by atoms with Gasteiger partial charge in [0.1, 0.15) is 6.04 Å². The third kappa shape index (κ3) is 3.87. The van der Waals surface area contributed by atoms with Crippen LogP contribution in [0.15, 0.2) is 54.6 Å². The number of para-hydroxylation sites is 1. The zero-order valence-electron chi connectivity index (χ0n) is 16.3. The third-order valence-corrected chi connectivity index (χ3v) is 6.58. The van der Waals surface area contributed by atoms with Crippen molar-refractivity contribution in [1.29, 1.82) is 0 Å². The van der Waals surface area contributed by atoms with E-state index in [1.54, 1.807) is 0 Å². The first kappa shape index (κ1) is 18.1. The topological polar surface area (TPSA) is 41.1 Å². The average Bonchev–Trinajstić information content (AvgIpc) is 3.32. The summed E-state index contributed by atoms with van der Waals surface area (Å²) in [5, 5.41) is 6.71. The summed E-state index contributed by atoms with van der Waals surface area (Å²) in [4.78, 5) is 12.8. The number of hydrogen-bond acceptors (Lipinski definition) is 2. The lowest BCUT2D eigenvalue weighted by molar-refractivity contribution is -0.122. The van der Waals surface area contributed by atoms with Gasteiger partial charge in [0.15, 0.2) is 0 Å². The minimum Gasteiger partial charge on any atom is -0.373 e. The number of benzene rings is 2. The SMILES string of the molecule is CC(Nc1ccccc1-c1ccccc1)C(=O)NC(C)C1CC2CCC1C2. The van der Waals surface area contributed by atoms with Crippen molar-refractivity contribution in [3.63, 3.8) is 0 Å². The van der Waals surface area contributed by atoms with Crippen molar-refractivity contribution in [3.05, 3.63) is 54.6 Å². The Morgan fingerprint density at radius 2 is 1.70 bits per heavy atom. The molecule has 5 atom stereocenters. The van der Waals surface area contributed by atoms with Gasteiger partial charge in [-0.2, -0.15) is 0 Å². The van der Waals surface area contributed by atoms with Gasteiger partial charge in [0.2, 0.25) is 5.91 Å². The molecule has 2 aliphatic rings. The summed E-state index contributed by atoms with van der Waals surface area (Å²) >= 11 is 0. The smallest absolute Gasteiger partial charge is 0.242 e. The normalized spacial score (nSPS) is 25.8. The molecule has 0 saturated heterocycles. The van der Waals surface area contributed by atoms with E-state index in [1.165, 1.54) is 25.7 Å². The molecule has 2 bridgehead atoms. The maximum absolute atomic E-state index is 12.8. The number of rotatable bonds is 6. The average molecular weight is 363 g/mol. The molecule has 0 heterocycles. The highest BCUT2D eigenvalue weighted by Crippen LogP contribution is 2.49. The molecule has 142 valence electrons. The zero-order valence-corrected chi connectivity index (χ0v) is 16.3. The Morgan fingerprint density at radius 1 is 0.963 bits per heavy atom. The molecule has 0 spiro atoms. The van der Waals surface area contributed by atoms with Gasteiger partial charge in [-0.25, -0.2) is 0 Å². The Bertz CT molecular complexity index is 788. The van der Waals surface area contributed by atoms with Crippen LogP contribution in [0.3, 0.4) is 0 Å². The van der Waals surface area contributed by atoms with Crippen molar-refractivity contribution in [2.75, 3.05) is 5.32 Å². The molecule has 0 radical (unpaired) electrons. The van der Waals surface area contributed by atoms with Crippen molar-refractivity contribution < 1.29 is 4.79 Å². The van der Waals surface area contributed by atoms with Crippen LogP contribution in [-0.4, -0.2) is 18.0 Å². The summed E-state index contributed by atoms with van der Waals surface area (Å²) in [5.74, 6) is 2.49. The predicted molar refractivity (Wildman–Crippen MR) is 112 cm³/mol. The number of carbonyl (C=O) groups excluding carboxylic acids is 1. The van der Waals surface area contributed by atoms with Crippen molar-refractivity contribution in [2.24, 2.45) is 17.8 Å². The van der Waals surface area contributed by atoms with Crippen molar-refractivity contribution in [3.8, 4) is 11.1 Å². The molecule has 27 heavy (non-hydrogen) atoms. The number of fused-ring (bicyclic) bond motifs is 2. The lowest BCUT2D eigenvalue weighted by Crippen LogP contribution is -2.46. The molecule has 2 aromatic carbocycles. The first-order valence-electron chi connectivity index (χ1n) is 10.3. The Hall–Kier alpha value is -2.29. The number of amides is 1.